The number of benzene rings is 4. The van der Waals surface area contributed by atoms with E-state index in [4.69, 9.17) is 9.47 Å². The van der Waals surface area contributed by atoms with Gasteiger partial charge < -0.3 is 9.47 Å². The number of methoxy groups -OCH3 is 2. The van der Waals surface area contributed by atoms with Gasteiger partial charge in [0.2, 0.25) is 0 Å². The van der Waals surface area contributed by atoms with Crippen molar-refractivity contribution in [2.45, 2.75) is 12.8 Å². The largest absolute Gasteiger partial charge is 0.465 e. The molecule has 0 bridgehead atoms. The first-order chi connectivity index (χ1) is 21.7. The second kappa shape index (κ2) is 13.6. The predicted octanol–water partition coefficient (Wildman–Crippen LogP) is 6.79. The number of hydrogen-bond donors (Lipinski definition) is 1. The van der Waals surface area contributed by atoms with Crippen LogP contribution in [-0.2, 0) is 32.4 Å². The molecule has 0 radical (unpaired) electrons. The van der Waals surface area contributed by atoms with Crippen LogP contribution in [0.5, 0.6) is 0 Å². The van der Waals surface area contributed by atoms with Gasteiger partial charge in [0.15, 0.2) is 5.25 Å². The van der Waals surface area contributed by atoms with Crippen LogP contribution in [0.25, 0.3) is 5.57 Å². The first-order valence-electron chi connectivity index (χ1n) is 14.1. The molecule has 0 unspecified atom stereocenters. The highest BCUT2D eigenvalue weighted by Crippen LogP contribution is 2.37. The van der Waals surface area contributed by atoms with Gasteiger partial charge in [-0.05, 0) is 71.5 Å². The molecule has 0 aliphatic heterocycles. The van der Waals surface area contributed by atoms with Crippen molar-refractivity contribution >= 4 is 27.6 Å². The van der Waals surface area contributed by atoms with E-state index in [9.17, 15) is 22.6 Å². The zero-order valence-electron chi connectivity index (χ0n) is 24.8. The van der Waals surface area contributed by atoms with Gasteiger partial charge in [-0.15, -0.1) is 0 Å². The van der Waals surface area contributed by atoms with E-state index in [0.717, 1.165) is 33.4 Å². The van der Waals surface area contributed by atoms with E-state index in [1.165, 1.54) is 20.3 Å². The third-order valence-corrected chi connectivity index (χ3v) is 8.47. The minimum atomic E-state index is -4.53. The molecule has 0 saturated carbocycles. The van der Waals surface area contributed by atoms with Crippen molar-refractivity contribution < 1.29 is 32.0 Å². The first kappa shape index (κ1) is 31.3. The number of ether oxygens (including phenoxy) is 2. The van der Waals surface area contributed by atoms with Crippen LogP contribution < -0.4 is 0 Å². The van der Waals surface area contributed by atoms with Gasteiger partial charge in [-0.1, -0.05) is 60.7 Å². The number of esters is 2. The van der Waals surface area contributed by atoms with Crippen LogP contribution in [0.3, 0.4) is 0 Å². The Morgan fingerprint density at radius 1 is 0.667 bits per heavy atom. The summed E-state index contributed by atoms with van der Waals surface area (Å²) >= 11 is 0. The van der Waals surface area contributed by atoms with E-state index in [1.54, 1.807) is 42.5 Å². The Balaban J connectivity index is 1.53. The highest BCUT2D eigenvalue weighted by atomic mass is 32.2. The molecular formula is C37H31O7S+. The molecular weight excluding hydrogens is 588 g/mol. The molecule has 5 rings (SSSR count). The smallest absolute Gasteiger partial charge is 0.338 e. The summed E-state index contributed by atoms with van der Waals surface area (Å²) in [4.78, 5) is 24.5. The van der Waals surface area contributed by atoms with Crippen molar-refractivity contribution in [1.29, 1.82) is 0 Å². The Labute approximate surface area is 262 Å². The van der Waals surface area contributed by atoms with Crippen LogP contribution in [0.4, 0.5) is 0 Å². The molecule has 0 fully saturated rings. The van der Waals surface area contributed by atoms with Gasteiger partial charge in [0, 0.05) is 35.4 Å². The van der Waals surface area contributed by atoms with Gasteiger partial charge in [0.25, 0.3) is 0 Å². The van der Waals surface area contributed by atoms with E-state index in [-0.39, 0.29) is 5.25 Å². The highest BCUT2D eigenvalue weighted by Gasteiger charge is 2.35. The van der Waals surface area contributed by atoms with E-state index in [1.807, 2.05) is 72.8 Å². The molecule has 0 saturated heterocycles. The van der Waals surface area contributed by atoms with Crippen LogP contribution in [-0.4, -0.2) is 39.1 Å². The van der Waals surface area contributed by atoms with E-state index in [2.05, 4.69) is 0 Å². The number of allylic oxidation sites excluding steroid dienone is 3. The second-order valence-corrected chi connectivity index (χ2v) is 11.8. The second-order valence-electron chi connectivity index (χ2n) is 10.4. The van der Waals surface area contributed by atoms with Gasteiger partial charge >= 0.3 is 22.1 Å². The van der Waals surface area contributed by atoms with Crippen LogP contribution in [0.2, 0.25) is 0 Å². The van der Waals surface area contributed by atoms with Gasteiger partial charge in [0.05, 0.1) is 30.9 Å². The fourth-order valence-corrected chi connectivity index (χ4v) is 6.06. The zero-order chi connectivity index (χ0) is 32.0. The van der Waals surface area contributed by atoms with Crippen molar-refractivity contribution in [3.63, 3.8) is 0 Å². The highest BCUT2D eigenvalue weighted by molar-refractivity contribution is 7.89. The Morgan fingerprint density at radius 3 is 1.53 bits per heavy atom. The third-order valence-electron chi connectivity index (χ3n) is 7.55. The van der Waals surface area contributed by atoms with Gasteiger partial charge in [-0.3, -0.25) is 4.55 Å². The summed E-state index contributed by atoms with van der Waals surface area (Å²) in [5.74, 6) is -0.811. The molecule has 0 amide bonds. The summed E-state index contributed by atoms with van der Waals surface area (Å²) in [6.07, 6.45) is 7.31. The summed E-state index contributed by atoms with van der Waals surface area (Å²) in [6.45, 7) is 0. The van der Waals surface area contributed by atoms with Crippen molar-refractivity contribution in [2.75, 3.05) is 14.2 Å². The van der Waals surface area contributed by atoms with E-state index < -0.39 is 22.1 Å². The molecule has 0 heterocycles. The van der Waals surface area contributed by atoms with E-state index >= 15 is 0 Å². The first-order valence-corrected chi connectivity index (χ1v) is 15.6. The SMILES string of the molecule is COC(=O)c1ccccc1Cc1ccc(C(=C2C=CC=C[C+]2S(=O)(=O)O)c2ccc(Cc3ccccc3C(=O)OC)cc2)cc1. The fourth-order valence-electron chi connectivity index (χ4n) is 5.36. The van der Waals surface area contributed by atoms with Crippen molar-refractivity contribution in [2.24, 2.45) is 0 Å². The molecule has 8 heteroatoms. The Hall–Kier alpha value is -5.18. The molecule has 4 aromatic rings. The summed E-state index contributed by atoms with van der Waals surface area (Å²) in [5.41, 5.74) is 6.96. The normalized spacial score (nSPS) is 12.6. The zero-order valence-corrected chi connectivity index (χ0v) is 25.6. The Morgan fingerprint density at radius 2 is 1.11 bits per heavy atom. The van der Waals surface area contributed by atoms with Crippen LogP contribution in [0.1, 0.15) is 54.1 Å². The summed E-state index contributed by atoms with van der Waals surface area (Å²) in [6, 6.07) is 29.8. The fraction of sp³-hybridized carbons (Fsp3) is 0.108. The summed E-state index contributed by atoms with van der Waals surface area (Å²) in [5, 5.41) is -0.202. The van der Waals surface area contributed by atoms with Crippen LogP contribution in [0.15, 0.2) is 127 Å². The molecule has 0 aromatic heterocycles. The lowest BCUT2D eigenvalue weighted by atomic mass is 9.88. The van der Waals surface area contributed by atoms with Crippen molar-refractivity contribution in [3.8, 4) is 0 Å². The van der Waals surface area contributed by atoms with Crippen molar-refractivity contribution in [1.82, 2.24) is 0 Å². The quantitative estimate of drug-likeness (QED) is 0.125. The summed E-state index contributed by atoms with van der Waals surface area (Å²) in [7, 11) is -1.83. The number of carbonyl (C=O) groups excluding carboxylic acids is 2. The maximum atomic E-state index is 12.4. The van der Waals surface area contributed by atoms with Crippen LogP contribution in [0, 0.1) is 5.25 Å². The lowest BCUT2D eigenvalue weighted by Gasteiger charge is -2.15. The van der Waals surface area contributed by atoms with Crippen molar-refractivity contribution in [3.05, 3.63) is 177 Å². The minimum absolute atomic E-state index is 0.202. The number of hydrogen-bond acceptors (Lipinski definition) is 6. The van der Waals surface area contributed by atoms with Gasteiger partial charge in [0.1, 0.15) is 5.57 Å². The summed E-state index contributed by atoms with van der Waals surface area (Å²) < 4.78 is 44.8. The maximum Gasteiger partial charge on any atom is 0.338 e. The topological polar surface area (TPSA) is 107 Å². The minimum Gasteiger partial charge on any atom is -0.465 e. The van der Waals surface area contributed by atoms with E-state index in [0.29, 0.717) is 35.1 Å². The molecule has 7 nitrogen and oxygen atoms in total. The number of carbonyl (C=O) groups is 2. The standard InChI is InChI=1S/C37H30O7S/c1-43-36(38)31-11-5-3-9-29(31)23-25-15-19-27(20-16-25)35(33-13-7-8-14-34(33)45(40,41)42)28-21-17-26(18-22-28)24-30-10-4-6-12-32(30)37(39)44-2/h3-22H,23-24H2,1-2H3/p+1. The predicted molar refractivity (Wildman–Crippen MR) is 173 cm³/mol. The Bertz CT molecular complexity index is 1810. The molecule has 226 valence electrons. The molecule has 0 spiro atoms. The van der Waals surface area contributed by atoms with Gasteiger partial charge in [-0.25, -0.2) is 9.59 Å². The van der Waals surface area contributed by atoms with Crippen LogP contribution >= 0.6 is 0 Å². The lowest BCUT2D eigenvalue weighted by molar-refractivity contribution is 0.0590. The Kier molecular flexibility index (Phi) is 9.47. The average Bonchev–Trinajstić information content (AvgIpc) is 3.06. The van der Waals surface area contributed by atoms with Gasteiger partial charge in [-0.2, -0.15) is 8.42 Å². The molecule has 1 N–H and O–H groups in total. The number of rotatable bonds is 9. The maximum absolute atomic E-state index is 12.4. The molecule has 1 aliphatic carbocycles. The molecule has 0 atom stereocenters. The lowest BCUT2D eigenvalue weighted by Crippen LogP contribution is -2.14. The monoisotopic (exact) mass is 619 g/mol. The molecule has 1 aliphatic rings. The molecule has 45 heavy (non-hydrogen) atoms. The average molecular weight is 620 g/mol. The third kappa shape index (κ3) is 7.15. The molecule has 4 aromatic carbocycles.